The van der Waals surface area contributed by atoms with E-state index in [2.05, 4.69) is 24.1 Å². The van der Waals surface area contributed by atoms with Gasteiger partial charge in [-0.3, -0.25) is 4.79 Å². The van der Waals surface area contributed by atoms with E-state index in [1.807, 2.05) is 47.8 Å². The van der Waals surface area contributed by atoms with Crippen molar-refractivity contribution in [2.45, 2.75) is 27.2 Å². The zero-order valence-electron chi connectivity index (χ0n) is 18.7. The summed E-state index contributed by atoms with van der Waals surface area (Å²) in [5, 5.41) is 5.94. The second-order valence-corrected chi connectivity index (χ2v) is 9.87. The molecule has 3 heterocycles. The number of carbonyl (C=O) groups excluding carboxylic acids is 2. The molecule has 0 aliphatic carbocycles. The maximum Gasteiger partial charge on any atom is 0.341 e. The zero-order valence-corrected chi connectivity index (χ0v) is 20.3. The average Bonchev–Trinajstić information content (AvgIpc) is 3.35. The SMILES string of the molecule is CCOC(=O)c1c(-c2ccccc2)csc1NC(=O)c1sc2nc(CC(C)C)ccc2c1N. The standard InChI is InChI=1S/C25H25N3O3S2/c1-4-31-25(30)19-18(15-8-6-5-7-9-15)13-32-24(19)28-22(29)21-20(26)17-11-10-16(12-14(2)3)27-23(17)33-21/h5-11,13-14H,4,12,26H2,1-3H3,(H,28,29). The molecule has 1 aromatic carbocycles. The van der Waals surface area contributed by atoms with E-state index in [0.29, 0.717) is 27.0 Å². The molecule has 0 unspecified atom stereocenters. The minimum absolute atomic E-state index is 0.240. The van der Waals surface area contributed by atoms with E-state index in [1.165, 1.54) is 22.7 Å². The van der Waals surface area contributed by atoms with Crippen molar-refractivity contribution in [1.82, 2.24) is 4.98 Å². The van der Waals surface area contributed by atoms with Gasteiger partial charge in [-0.25, -0.2) is 9.78 Å². The third-order valence-corrected chi connectivity index (χ3v) is 7.07. The molecular weight excluding hydrogens is 454 g/mol. The number of pyridine rings is 1. The van der Waals surface area contributed by atoms with Gasteiger partial charge in [-0.15, -0.1) is 22.7 Å². The number of esters is 1. The number of hydrogen-bond donors (Lipinski definition) is 2. The lowest BCUT2D eigenvalue weighted by molar-refractivity contribution is 0.0529. The smallest absolute Gasteiger partial charge is 0.341 e. The molecular formula is C25H25N3O3S2. The lowest BCUT2D eigenvalue weighted by Gasteiger charge is -2.08. The number of benzene rings is 1. The minimum Gasteiger partial charge on any atom is -0.462 e. The number of fused-ring (bicyclic) bond motifs is 1. The van der Waals surface area contributed by atoms with Crippen molar-refractivity contribution < 1.29 is 14.3 Å². The van der Waals surface area contributed by atoms with Crippen molar-refractivity contribution in [3.63, 3.8) is 0 Å². The first-order valence-electron chi connectivity index (χ1n) is 10.7. The molecule has 0 radical (unpaired) electrons. The average molecular weight is 480 g/mol. The summed E-state index contributed by atoms with van der Waals surface area (Å²) >= 11 is 2.55. The quantitative estimate of drug-likeness (QED) is 0.306. The number of thiophene rings is 2. The molecule has 170 valence electrons. The van der Waals surface area contributed by atoms with Gasteiger partial charge in [-0.05, 0) is 37.0 Å². The number of ether oxygens (including phenoxy) is 1. The van der Waals surface area contributed by atoms with Crippen molar-refractivity contribution >= 4 is 55.5 Å². The molecule has 0 aliphatic rings. The van der Waals surface area contributed by atoms with Crippen LogP contribution < -0.4 is 11.1 Å². The highest BCUT2D eigenvalue weighted by Crippen LogP contribution is 2.38. The number of nitrogens with one attached hydrogen (secondary N) is 1. The molecule has 0 saturated heterocycles. The van der Waals surface area contributed by atoms with Gasteiger partial charge in [0.15, 0.2) is 0 Å². The Balaban J connectivity index is 1.68. The fourth-order valence-corrected chi connectivity index (χ4v) is 5.54. The van der Waals surface area contributed by atoms with Crippen LogP contribution in [0.2, 0.25) is 0 Å². The number of hydrogen-bond acceptors (Lipinski definition) is 7. The van der Waals surface area contributed by atoms with Crippen LogP contribution in [0.25, 0.3) is 21.3 Å². The molecule has 0 fully saturated rings. The van der Waals surface area contributed by atoms with Crippen LogP contribution in [0.15, 0.2) is 47.8 Å². The number of anilines is 2. The summed E-state index contributed by atoms with van der Waals surface area (Å²) in [6.07, 6.45) is 0.857. The summed E-state index contributed by atoms with van der Waals surface area (Å²) in [6, 6.07) is 13.4. The maximum absolute atomic E-state index is 13.2. The number of carbonyl (C=O) groups is 2. The van der Waals surface area contributed by atoms with E-state index >= 15 is 0 Å². The molecule has 0 bridgehead atoms. The topological polar surface area (TPSA) is 94.3 Å². The summed E-state index contributed by atoms with van der Waals surface area (Å²) in [5.41, 5.74) is 9.62. The third kappa shape index (κ3) is 4.77. The van der Waals surface area contributed by atoms with Gasteiger partial charge >= 0.3 is 5.97 Å². The molecule has 3 N–H and O–H groups in total. The minimum atomic E-state index is -0.475. The largest absolute Gasteiger partial charge is 0.462 e. The molecule has 0 saturated carbocycles. The number of rotatable bonds is 7. The molecule has 6 nitrogen and oxygen atoms in total. The Morgan fingerprint density at radius 3 is 2.61 bits per heavy atom. The molecule has 0 aliphatic heterocycles. The Morgan fingerprint density at radius 2 is 1.91 bits per heavy atom. The molecule has 4 rings (SSSR count). The number of nitrogens with two attached hydrogens (primary N) is 1. The van der Waals surface area contributed by atoms with E-state index < -0.39 is 5.97 Å². The molecule has 8 heteroatoms. The molecule has 0 spiro atoms. The van der Waals surface area contributed by atoms with Crippen molar-refractivity contribution in [2.24, 2.45) is 5.92 Å². The van der Waals surface area contributed by atoms with Gasteiger partial charge in [0.05, 0.1) is 12.3 Å². The Bertz CT molecular complexity index is 1310. The zero-order chi connectivity index (χ0) is 23.5. The van der Waals surface area contributed by atoms with Crippen LogP contribution in [-0.2, 0) is 11.2 Å². The van der Waals surface area contributed by atoms with E-state index in [0.717, 1.165) is 33.5 Å². The van der Waals surface area contributed by atoms with Gasteiger partial charge in [0.2, 0.25) is 0 Å². The van der Waals surface area contributed by atoms with Crippen molar-refractivity contribution in [1.29, 1.82) is 0 Å². The van der Waals surface area contributed by atoms with Crippen LogP contribution in [0.3, 0.4) is 0 Å². The van der Waals surface area contributed by atoms with Gasteiger partial charge in [-0.2, -0.15) is 0 Å². The highest BCUT2D eigenvalue weighted by atomic mass is 32.1. The van der Waals surface area contributed by atoms with Crippen LogP contribution in [0.4, 0.5) is 10.7 Å². The summed E-state index contributed by atoms with van der Waals surface area (Å²) in [7, 11) is 0. The Morgan fingerprint density at radius 1 is 1.15 bits per heavy atom. The Hall–Kier alpha value is -3.23. The highest BCUT2D eigenvalue weighted by Gasteiger charge is 2.25. The lowest BCUT2D eigenvalue weighted by atomic mass is 10.0. The monoisotopic (exact) mass is 479 g/mol. The summed E-state index contributed by atoms with van der Waals surface area (Å²) in [5.74, 6) is -0.362. The van der Waals surface area contributed by atoms with Crippen LogP contribution in [0, 0.1) is 5.92 Å². The van der Waals surface area contributed by atoms with Gasteiger partial charge in [0.1, 0.15) is 20.3 Å². The lowest BCUT2D eigenvalue weighted by Crippen LogP contribution is -2.14. The molecule has 1 amide bonds. The van der Waals surface area contributed by atoms with E-state index in [9.17, 15) is 9.59 Å². The van der Waals surface area contributed by atoms with Crippen molar-refractivity contribution in [2.75, 3.05) is 17.7 Å². The molecule has 4 aromatic rings. The van der Waals surface area contributed by atoms with E-state index in [-0.39, 0.29) is 12.5 Å². The van der Waals surface area contributed by atoms with Gasteiger partial charge in [-0.1, -0.05) is 44.2 Å². The highest BCUT2D eigenvalue weighted by molar-refractivity contribution is 7.21. The Kier molecular flexibility index (Phi) is 6.76. The van der Waals surface area contributed by atoms with Gasteiger partial charge in [0, 0.05) is 22.0 Å². The maximum atomic E-state index is 13.2. The number of nitrogen functional groups attached to an aromatic ring is 1. The van der Waals surface area contributed by atoms with E-state index in [4.69, 9.17) is 10.5 Å². The summed E-state index contributed by atoms with van der Waals surface area (Å²) < 4.78 is 5.28. The Labute approximate surface area is 200 Å². The summed E-state index contributed by atoms with van der Waals surface area (Å²) in [6.45, 7) is 6.27. The van der Waals surface area contributed by atoms with Crippen LogP contribution in [0.5, 0.6) is 0 Å². The predicted molar refractivity (Wildman–Crippen MR) is 136 cm³/mol. The molecule has 3 aromatic heterocycles. The van der Waals surface area contributed by atoms with Gasteiger partial charge < -0.3 is 15.8 Å². The fraction of sp³-hybridized carbons (Fsp3) is 0.240. The van der Waals surface area contributed by atoms with Gasteiger partial charge in [0.25, 0.3) is 5.91 Å². The summed E-state index contributed by atoms with van der Waals surface area (Å²) in [4.78, 5) is 31.8. The first-order chi connectivity index (χ1) is 15.9. The third-order valence-electron chi connectivity index (χ3n) is 5.06. The predicted octanol–water partition coefficient (Wildman–Crippen LogP) is 6.23. The number of aromatic nitrogens is 1. The second-order valence-electron chi connectivity index (χ2n) is 7.99. The van der Waals surface area contributed by atoms with Crippen LogP contribution in [-0.4, -0.2) is 23.5 Å². The number of nitrogens with zero attached hydrogens (tertiary/aromatic N) is 1. The van der Waals surface area contributed by atoms with Crippen molar-refractivity contribution in [3.05, 3.63) is 64.0 Å². The molecule has 0 atom stereocenters. The first kappa shape index (κ1) is 22.9. The van der Waals surface area contributed by atoms with E-state index in [1.54, 1.807) is 6.92 Å². The first-order valence-corrected chi connectivity index (χ1v) is 12.4. The second kappa shape index (κ2) is 9.72. The number of amides is 1. The van der Waals surface area contributed by atoms with Crippen LogP contribution >= 0.6 is 22.7 Å². The van der Waals surface area contributed by atoms with Crippen molar-refractivity contribution in [3.8, 4) is 11.1 Å². The van der Waals surface area contributed by atoms with Crippen LogP contribution in [0.1, 0.15) is 46.5 Å². The normalized spacial score (nSPS) is 11.2. The molecule has 33 heavy (non-hydrogen) atoms. The fourth-order valence-electron chi connectivity index (χ4n) is 3.58.